The fourth-order valence-corrected chi connectivity index (χ4v) is 2.97. The van der Waals surface area contributed by atoms with Gasteiger partial charge in [-0.05, 0) is 25.7 Å². The number of nitrogens with zero attached hydrogens (tertiary/aromatic N) is 1. The topological polar surface area (TPSA) is 86.7 Å². The van der Waals surface area contributed by atoms with E-state index in [2.05, 4.69) is 5.32 Å². The SMILES string of the molecule is CNC(=O)C1CCCN1C(=O)CC1(C(=O)O)CCC1. The second-order valence-corrected chi connectivity index (χ2v) is 5.48. The van der Waals surface area contributed by atoms with Crippen molar-refractivity contribution in [2.45, 2.75) is 44.6 Å². The van der Waals surface area contributed by atoms with Crippen molar-refractivity contribution in [3.05, 3.63) is 0 Å². The maximum absolute atomic E-state index is 12.3. The molecule has 6 nitrogen and oxygen atoms in total. The molecule has 2 aliphatic rings. The number of nitrogens with one attached hydrogen (secondary N) is 1. The molecule has 0 radical (unpaired) electrons. The number of aliphatic carboxylic acids is 1. The van der Waals surface area contributed by atoms with Gasteiger partial charge in [-0.15, -0.1) is 0 Å². The number of likely N-dealkylation sites (N-methyl/N-ethyl adjacent to an activating group) is 1. The van der Waals surface area contributed by atoms with Crippen LogP contribution in [0.25, 0.3) is 0 Å². The van der Waals surface area contributed by atoms with Gasteiger partial charge in [-0.2, -0.15) is 0 Å². The second-order valence-electron chi connectivity index (χ2n) is 5.48. The van der Waals surface area contributed by atoms with Crippen molar-refractivity contribution in [3.8, 4) is 0 Å². The summed E-state index contributed by atoms with van der Waals surface area (Å²) in [6.45, 7) is 0.548. The van der Waals surface area contributed by atoms with E-state index in [1.165, 1.54) is 0 Å². The van der Waals surface area contributed by atoms with Gasteiger partial charge in [0, 0.05) is 20.0 Å². The van der Waals surface area contributed by atoms with Crippen LogP contribution in [0.15, 0.2) is 0 Å². The lowest BCUT2D eigenvalue weighted by molar-refractivity contribution is -0.160. The number of amides is 2. The molecular weight excluding hydrogens is 248 g/mol. The molecule has 2 rings (SSSR count). The maximum Gasteiger partial charge on any atom is 0.310 e. The minimum atomic E-state index is -0.886. The van der Waals surface area contributed by atoms with E-state index in [0.29, 0.717) is 25.8 Å². The summed E-state index contributed by atoms with van der Waals surface area (Å²) in [7, 11) is 1.55. The normalized spacial score (nSPS) is 24.7. The summed E-state index contributed by atoms with van der Waals surface area (Å²) in [4.78, 5) is 36.8. The van der Waals surface area contributed by atoms with E-state index in [-0.39, 0.29) is 18.2 Å². The third-order valence-corrected chi connectivity index (χ3v) is 4.38. The molecule has 1 saturated carbocycles. The van der Waals surface area contributed by atoms with Crippen LogP contribution in [-0.4, -0.2) is 47.4 Å². The van der Waals surface area contributed by atoms with Crippen LogP contribution in [0.4, 0.5) is 0 Å². The van der Waals surface area contributed by atoms with Crippen LogP contribution in [0.5, 0.6) is 0 Å². The Morgan fingerprint density at radius 1 is 1.32 bits per heavy atom. The smallest absolute Gasteiger partial charge is 0.310 e. The number of carboxylic acid groups (broad SMARTS) is 1. The molecule has 1 aliphatic heterocycles. The van der Waals surface area contributed by atoms with E-state index < -0.39 is 17.4 Å². The quantitative estimate of drug-likeness (QED) is 0.771. The number of likely N-dealkylation sites (tertiary alicyclic amines) is 1. The van der Waals surface area contributed by atoms with Crippen LogP contribution < -0.4 is 5.32 Å². The molecule has 0 aromatic heterocycles. The fraction of sp³-hybridized carbons (Fsp3) is 0.769. The predicted molar refractivity (Wildman–Crippen MR) is 67.3 cm³/mol. The Kier molecular flexibility index (Phi) is 3.78. The molecule has 0 aromatic carbocycles. The number of carbonyl (C=O) groups is 3. The Bertz CT molecular complexity index is 403. The Labute approximate surface area is 112 Å². The number of hydrogen-bond acceptors (Lipinski definition) is 3. The Balaban J connectivity index is 2.03. The van der Waals surface area contributed by atoms with Crippen LogP contribution in [0, 0.1) is 5.41 Å². The van der Waals surface area contributed by atoms with Crippen LogP contribution in [0.2, 0.25) is 0 Å². The van der Waals surface area contributed by atoms with E-state index in [9.17, 15) is 19.5 Å². The third-order valence-electron chi connectivity index (χ3n) is 4.38. The van der Waals surface area contributed by atoms with Gasteiger partial charge in [0.2, 0.25) is 11.8 Å². The first-order valence-electron chi connectivity index (χ1n) is 6.75. The van der Waals surface area contributed by atoms with E-state index in [1.807, 2.05) is 0 Å². The number of rotatable bonds is 4. The number of hydrogen-bond donors (Lipinski definition) is 2. The first-order chi connectivity index (χ1) is 9.00. The molecule has 1 aliphatic carbocycles. The Morgan fingerprint density at radius 2 is 2.00 bits per heavy atom. The molecule has 2 amide bonds. The van der Waals surface area contributed by atoms with Crippen molar-refractivity contribution in [2.75, 3.05) is 13.6 Å². The van der Waals surface area contributed by atoms with Crippen molar-refractivity contribution < 1.29 is 19.5 Å². The lowest BCUT2D eigenvalue weighted by Crippen LogP contribution is -2.48. The van der Waals surface area contributed by atoms with Crippen molar-refractivity contribution in [1.29, 1.82) is 0 Å². The van der Waals surface area contributed by atoms with Crippen molar-refractivity contribution >= 4 is 17.8 Å². The van der Waals surface area contributed by atoms with E-state index >= 15 is 0 Å². The minimum absolute atomic E-state index is 0.0236. The molecule has 2 fully saturated rings. The summed E-state index contributed by atoms with van der Waals surface area (Å²) in [6.07, 6.45) is 3.46. The van der Waals surface area contributed by atoms with E-state index in [1.54, 1.807) is 11.9 Å². The molecule has 0 bridgehead atoms. The molecule has 0 spiro atoms. The highest BCUT2D eigenvalue weighted by atomic mass is 16.4. The van der Waals surface area contributed by atoms with Gasteiger partial charge in [-0.1, -0.05) is 6.42 Å². The zero-order chi connectivity index (χ0) is 14.0. The maximum atomic E-state index is 12.3. The van der Waals surface area contributed by atoms with Gasteiger partial charge >= 0.3 is 5.97 Å². The zero-order valence-corrected chi connectivity index (χ0v) is 11.1. The average Bonchev–Trinajstić information content (AvgIpc) is 2.81. The van der Waals surface area contributed by atoms with Gasteiger partial charge in [0.15, 0.2) is 0 Å². The van der Waals surface area contributed by atoms with Gasteiger partial charge in [0.25, 0.3) is 0 Å². The highest BCUT2D eigenvalue weighted by Crippen LogP contribution is 2.44. The van der Waals surface area contributed by atoms with Gasteiger partial charge < -0.3 is 15.3 Å². The summed E-state index contributed by atoms with van der Waals surface area (Å²) in [5.74, 6) is -1.25. The lowest BCUT2D eigenvalue weighted by Gasteiger charge is -2.38. The van der Waals surface area contributed by atoms with Gasteiger partial charge in [-0.3, -0.25) is 14.4 Å². The van der Waals surface area contributed by atoms with Crippen LogP contribution in [0.1, 0.15) is 38.5 Å². The Morgan fingerprint density at radius 3 is 2.47 bits per heavy atom. The zero-order valence-electron chi connectivity index (χ0n) is 11.1. The molecule has 1 atom stereocenters. The van der Waals surface area contributed by atoms with Gasteiger partial charge in [0.05, 0.1) is 5.41 Å². The van der Waals surface area contributed by atoms with E-state index in [0.717, 1.165) is 12.8 Å². The summed E-state index contributed by atoms with van der Waals surface area (Å²) >= 11 is 0. The number of carboxylic acids is 1. The van der Waals surface area contributed by atoms with Crippen LogP contribution in [-0.2, 0) is 14.4 Å². The second kappa shape index (κ2) is 5.19. The average molecular weight is 268 g/mol. The molecule has 1 saturated heterocycles. The van der Waals surface area contributed by atoms with E-state index in [4.69, 9.17) is 0 Å². The third kappa shape index (κ3) is 2.43. The fourth-order valence-electron chi connectivity index (χ4n) is 2.97. The monoisotopic (exact) mass is 268 g/mol. The highest BCUT2D eigenvalue weighted by molar-refractivity contribution is 5.90. The van der Waals surface area contributed by atoms with Gasteiger partial charge in [0.1, 0.15) is 6.04 Å². The first-order valence-corrected chi connectivity index (χ1v) is 6.75. The standard InChI is InChI=1S/C13H20N2O4/c1-14-11(17)9-4-2-7-15(9)10(16)8-13(12(18)19)5-3-6-13/h9H,2-8H2,1H3,(H,14,17)(H,18,19). The summed E-state index contributed by atoms with van der Waals surface area (Å²) in [5.41, 5.74) is -0.882. The molecule has 19 heavy (non-hydrogen) atoms. The molecule has 1 heterocycles. The summed E-state index contributed by atoms with van der Waals surface area (Å²) in [6, 6.07) is -0.427. The lowest BCUT2D eigenvalue weighted by atomic mass is 9.66. The van der Waals surface area contributed by atoms with Crippen molar-refractivity contribution in [3.63, 3.8) is 0 Å². The van der Waals surface area contributed by atoms with Crippen LogP contribution >= 0.6 is 0 Å². The largest absolute Gasteiger partial charge is 0.481 e. The summed E-state index contributed by atoms with van der Waals surface area (Å²) < 4.78 is 0. The molecule has 2 N–H and O–H groups in total. The summed E-state index contributed by atoms with van der Waals surface area (Å²) in [5, 5.41) is 11.8. The number of carbonyl (C=O) groups excluding carboxylic acids is 2. The minimum Gasteiger partial charge on any atom is -0.481 e. The molecule has 106 valence electrons. The Hall–Kier alpha value is -1.59. The molecule has 0 aromatic rings. The van der Waals surface area contributed by atoms with Gasteiger partial charge in [-0.25, -0.2) is 0 Å². The molecule has 6 heteroatoms. The molecular formula is C13H20N2O4. The van der Waals surface area contributed by atoms with Crippen molar-refractivity contribution in [2.24, 2.45) is 5.41 Å². The highest BCUT2D eigenvalue weighted by Gasteiger charge is 2.47. The first kappa shape index (κ1) is 13.8. The molecule has 1 unspecified atom stereocenters. The van der Waals surface area contributed by atoms with Crippen LogP contribution in [0.3, 0.4) is 0 Å². The predicted octanol–water partition coefficient (Wildman–Crippen LogP) is 0.368. The van der Waals surface area contributed by atoms with Crippen molar-refractivity contribution in [1.82, 2.24) is 10.2 Å².